The van der Waals surface area contributed by atoms with Gasteiger partial charge in [0.15, 0.2) is 0 Å². The number of halogens is 1. The van der Waals surface area contributed by atoms with Crippen LogP contribution < -0.4 is 5.73 Å². The lowest BCUT2D eigenvalue weighted by molar-refractivity contribution is 0.147. The van der Waals surface area contributed by atoms with Gasteiger partial charge in [0.1, 0.15) is 0 Å². The molecule has 1 rings (SSSR count). The van der Waals surface area contributed by atoms with Gasteiger partial charge in [0.25, 0.3) is 0 Å². The summed E-state index contributed by atoms with van der Waals surface area (Å²) >= 11 is 5.98. The predicted molar refractivity (Wildman–Crippen MR) is 68.7 cm³/mol. The number of likely N-dealkylation sites (N-methyl/N-ethyl adjacent to an activating group) is 1. The first-order chi connectivity index (χ1) is 7.67. The maximum absolute atomic E-state index is 5.98. The van der Waals surface area contributed by atoms with Crippen LogP contribution in [0.5, 0.6) is 0 Å². The first-order valence-corrected chi connectivity index (χ1v) is 5.80. The Kier molecular flexibility index (Phi) is 5.60. The third-order valence-corrected chi connectivity index (χ3v) is 2.86. The molecule has 1 aromatic carbocycles. The number of hydrogen-bond donors (Lipinski definition) is 1. The molecule has 0 aliphatic carbocycles. The summed E-state index contributed by atoms with van der Waals surface area (Å²) in [4.78, 5) is 2.30. The molecule has 0 spiro atoms. The average Bonchev–Trinajstić information content (AvgIpc) is 2.29. The molecule has 0 amide bonds. The summed E-state index contributed by atoms with van der Waals surface area (Å²) in [5, 5.41) is 0.625. The lowest BCUT2D eigenvalue weighted by Crippen LogP contribution is -2.26. The van der Waals surface area contributed by atoms with Crippen molar-refractivity contribution in [3.63, 3.8) is 0 Å². The second kappa shape index (κ2) is 6.74. The quantitative estimate of drug-likeness (QED) is 0.779. The minimum atomic E-state index is 0.625. The van der Waals surface area contributed by atoms with Crippen LogP contribution in [0.3, 0.4) is 0 Å². The van der Waals surface area contributed by atoms with E-state index >= 15 is 0 Å². The number of nitrogen functional groups attached to an aromatic ring is 1. The molecular weight excluding hydrogens is 224 g/mol. The van der Waals surface area contributed by atoms with Crippen LogP contribution in [0.2, 0.25) is 5.02 Å². The van der Waals surface area contributed by atoms with E-state index in [2.05, 4.69) is 11.8 Å². The van der Waals surface area contributed by atoms with E-state index in [0.29, 0.717) is 10.7 Å². The number of anilines is 1. The minimum Gasteiger partial charge on any atom is -0.398 e. The first-order valence-electron chi connectivity index (χ1n) is 5.42. The van der Waals surface area contributed by atoms with Crippen LogP contribution in [0.1, 0.15) is 12.5 Å². The lowest BCUT2D eigenvalue weighted by atomic mass is 10.2. The molecule has 0 fully saturated rings. The zero-order valence-corrected chi connectivity index (χ0v) is 10.6. The highest BCUT2D eigenvalue weighted by atomic mass is 35.5. The Labute approximate surface area is 102 Å². The highest BCUT2D eigenvalue weighted by Gasteiger charge is 2.04. The van der Waals surface area contributed by atoms with Crippen molar-refractivity contribution >= 4 is 17.3 Å². The second-order valence-corrected chi connectivity index (χ2v) is 4.12. The first kappa shape index (κ1) is 13.3. The molecule has 1 aromatic rings. The minimum absolute atomic E-state index is 0.625. The third kappa shape index (κ3) is 4.00. The van der Waals surface area contributed by atoms with Crippen LogP contribution in [0.15, 0.2) is 18.2 Å². The van der Waals surface area contributed by atoms with Crippen molar-refractivity contribution in [3.8, 4) is 0 Å². The summed E-state index contributed by atoms with van der Waals surface area (Å²) in [5.74, 6) is 0. The Morgan fingerprint density at radius 3 is 2.75 bits per heavy atom. The van der Waals surface area contributed by atoms with Crippen molar-refractivity contribution in [3.05, 3.63) is 28.8 Å². The molecule has 0 unspecified atom stereocenters. The highest BCUT2D eigenvalue weighted by Crippen LogP contribution is 2.20. The molecule has 0 aromatic heterocycles. The molecule has 0 radical (unpaired) electrons. The van der Waals surface area contributed by atoms with Gasteiger partial charge >= 0.3 is 0 Å². The smallest absolute Gasteiger partial charge is 0.0638 e. The molecule has 2 N–H and O–H groups in total. The number of nitrogens with two attached hydrogens (primary N) is 1. The molecule has 0 saturated heterocycles. The van der Waals surface area contributed by atoms with E-state index in [0.717, 1.165) is 26.2 Å². The lowest BCUT2D eigenvalue weighted by Gasteiger charge is -2.20. The van der Waals surface area contributed by atoms with Gasteiger partial charge in [-0.1, -0.05) is 24.6 Å². The topological polar surface area (TPSA) is 38.5 Å². The van der Waals surface area contributed by atoms with E-state index in [1.165, 1.54) is 5.56 Å². The van der Waals surface area contributed by atoms with Gasteiger partial charge in [-0.05, 0) is 24.2 Å². The summed E-state index contributed by atoms with van der Waals surface area (Å²) in [6.07, 6.45) is 0. The zero-order valence-electron chi connectivity index (χ0n) is 9.87. The summed E-state index contributed by atoms with van der Waals surface area (Å²) < 4.78 is 5.07. The van der Waals surface area contributed by atoms with Crippen molar-refractivity contribution in [1.29, 1.82) is 0 Å². The maximum Gasteiger partial charge on any atom is 0.0638 e. The number of rotatable bonds is 6. The third-order valence-electron chi connectivity index (χ3n) is 2.53. The standard InChI is InChI=1S/C12H19ClN2O/c1-3-15(6-7-16-2)9-10-4-5-12(14)11(13)8-10/h4-5,8H,3,6-7,9,14H2,1-2H3. The van der Waals surface area contributed by atoms with Gasteiger partial charge in [-0.2, -0.15) is 0 Å². The van der Waals surface area contributed by atoms with Crippen LogP contribution >= 0.6 is 11.6 Å². The van der Waals surface area contributed by atoms with E-state index in [1.54, 1.807) is 7.11 Å². The molecule has 16 heavy (non-hydrogen) atoms. The number of benzene rings is 1. The van der Waals surface area contributed by atoms with Crippen LogP contribution in [0, 0.1) is 0 Å². The zero-order chi connectivity index (χ0) is 12.0. The van der Waals surface area contributed by atoms with Gasteiger partial charge in [0.2, 0.25) is 0 Å². The Hall–Kier alpha value is -0.770. The van der Waals surface area contributed by atoms with E-state index in [-0.39, 0.29) is 0 Å². The molecule has 0 saturated carbocycles. The molecule has 0 heterocycles. The van der Waals surface area contributed by atoms with Crippen molar-refractivity contribution in [1.82, 2.24) is 4.90 Å². The van der Waals surface area contributed by atoms with E-state index in [9.17, 15) is 0 Å². The fraction of sp³-hybridized carbons (Fsp3) is 0.500. The molecule has 0 aliphatic rings. The van der Waals surface area contributed by atoms with Gasteiger partial charge in [0.05, 0.1) is 17.3 Å². The number of methoxy groups -OCH3 is 1. The van der Waals surface area contributed by atoms with Crippen molar-refractivity contribution in [2.75, 3.05) is 32.5 Å². The van der Waals surface area contributed by atoms with Gasteiger partial charge in [-0.25, -0.2) is 0 Å². The van der Waals surface area contributed by atoms with Crippen molar-refractivity contribution in [2.24, 2.45) is 0 Å². The Morgan fingerprint density at radius 1 is 1.44 bits per heavy atom. The van der Waals surface area contributed by atoms with Crippen molar-refractivity contribution in [2.45, 2.75) is 13.5 Å². The normalized spacial score (nSPS) is 11.0. The summed E-state index contributed by atoms with van der Waals surface area (Å²) in [6.45, 7) is 5.67. The molecule has 0 aliphatic heterocycles. The van der Waals surface area contributed by atoms with E-state index in [1.807, 2.05) is 18.2 Å². The maximum atomic E-state index is 5.98. The average molecular weight is 243 g/mol. The number of hydrogen-bond acceptors (Lipinski definition) is 3. The second-order valence-electron chi connectivity index (χ2n) is 3.72. The predicted octanol–water partition coefficient (Wildman–Crippen LogP) is 2.39. The van der Waals surface area contributed by atoms with Crippen LogP contribution in [-0.2, 0) is 11.3 Å². The van der Waals surface area contributed by atoms with Crippen molar-refractivity contribution < 1.29 is 4.74 Å². The molecule has 0 bridgehead atoms. The fourth-order valence-electron chi connectivity index (χ4n) is 1.50. The largest absolute Gasteiger partial charge is 0.398 e. The van der Waals surface area contributed by atoms with Gasteiger partial charge < -0.3 is 10.5 Å². The number of ether oxygens (including phenoxy) is 1. The molecular formula is C12H19ClN2O. The Balaban J connectivity index is 2.59. The van der Waals surface area contributed by atoms with Crippen LogP contribution in [0.4, 0.5) is 5.69 Å². The Morgan fingerprint density at radius 2 is 2.19 bits per heavy atom. The summed E-state index contributed by atoms with van der Waals surface area (Å²) in [6, 6.07) is 5.78. The van der Waals surface area contributed by atoms with Crippen LogP contribution in [0.25, 0.3) is 0 Å². The molecule has 4 heteroatoms. The summed E-state index contributed by atoms with van der Waals surface area (Å²) in [7, 11) is 1.72. The highest BCUT2D eigenvalue weighted by molar-refractivity contribution is 6.33. The number of nitrogens with zero attached hydrogens (tertiary/aromatic N) is 1. The van der Waals surface area contributed by atoms with E-state index < -0.39 is 0 Å². The fourth-order valence-corrected chi connectivity index (χ4v) is 1.70. The monoisotopic (exact) mass is 242 g/mol. The van der Waals surface area contributed by atoms with Crippen LogP contribution in [-0.4, -0.2) is 31.7 Å². The van der Waals surface area contributed by atoms with Gasteiger partial charge in [-0.3, -0.25) is 4.90 Å². The molecule has 0 atom stereocenters. The van der Waals surface area contributed by atoms with E-state index in [4.69, 9.17) is 22.1 Å². The molecule has 90 valence electrons. The summed E-state index contributed by atoms with van der Waals surface area (Å²) in [5.41, 5.74) is 7.47. The Bertz CT molecular complexity index is 331. The molecule has 3 nitrogen and oxygen atoms in total. The van der Waals surface area contributed by atoms with Gasteiger partial charge in [-0.15, -0.1) is 0 Å². The SMILES string of the molecule is CCN(CCOC)Cc1ccc(N)c(Cl)c1. The van der Waals surface area contributed by atoms with Gasteiger partial charge in [0, 0.05) is 20.2 Å².